The van der Waals surface area contributed by atoms with Crippen molar-refractivity contribution in [3.8, 4) is 16.9 Å². The largest absolute Gasteiger partial charge is 0.496 e. The Morgan fingerprint density at radius 1 is 1.19 bits per heavy atom. The number of aryl methyl sites for hydroxylation is 1. The fourth-order valence-electron chi connectivity index (χ4n) is 3.11. The molecule has 0 atom stereocenters. The van der Waals surface area contributed by atoms with E-state index in [4.69, 9.17) is 4.74 Å². The molecule has 0 spiro atoms. The molecule has 0 fully saturated rings. The number of benzene rings is 1. The van der Waals surface area contributed by atoms with Crippen molar-refractivity contribution in [2.75, 3.05) is 12.4 Å². The Kier molecular flexibility index (Phi) is 4.23. The molecule has 1 aromatic carbocycles. The summed E-state index contributed by atoms with van der Waals surface area (Å²) < 4.78 is 23.1. The summed E-state index contributed by atoms with van der Waals surface area (Å²) >= 11 is 0. The molecule has 0 aliphatic rings. The van der Waals surface area contributed by atoms with Crippen LogP contribution < -0.4 is 10.1 Å². The minimum atomic E-state index is -0.315. The minimum Gasteiger partial charge on any atom is -0.496 e. The summed E-state index contributed by atoms with van der Waals surface area (Å²) in [5.41, 5.74) is 4.15. The molecule has 1 N–H and O–H groups in total. The van der Waals surface area contributed by atoms with Gasteiger partial charge in [-0.05, 0) is 31.2 Å². The predicted octanol–water partition coefficient (Wildman–Crippen LogP) is 3.20. The highest BCUT2D eigenvalue weighted by Gasteiger charge is 2.15. The molecular formula is C19H19FN6O. The number of ether oxygens (including phenoxy) is 1. The molecule has 27 heavy (non-hydrogen) atoms. The topological polar surface area (TPSA) is 69.3 Å². The Morgan fingerprint density at radius 2 is 2.04 bits per heavy atom. The number of hydrogen-bond acceptors (Lipinski definition) is 5. The van der Waals surface area contributed by atoms with Crippen LogP contribution in [0.5, 0.6) is 5.75 Å². The monoisotopic (exact) mass is 366 g/mol. The summed E-state index contributed by atoms with van der Waals surface area (Å²) in [4.78, 5) is 0. The smallest absolute Gasteiger partial charge is 0.170 e. The molecule has 3 aromatic heterocycles. The second-order valence-corrected chi connectivity index (χ2v) is 6.20. The number of anilines is 1. The highest BCUT2D eigenvalue weighted by Crippen LogP contribution is 2.29. The van der Waals surface area contributed by atoms with Gasteiger partial charge in [-0.2, -0.15) is 5.10 Å². The van der Waals surface area contributed by atoms with Gasteiger partial charge in [-0.15, -0.1) is 10.2 Å². The van der Waals surface area contributed by atoms with Gasteiger partial charge < -0.3 is 10.1 Å². The van der Waals surface area contributed by atoms with Crippen LogP contribution in [0.25, 0.3) is 16.8 Å². The van der Waals surface area contributed by atoms with Gasteiger partial charge >= 0.3 is 0 Å². The molecule has 0 radical (unpaired) electrons. The number of aromatic nitrogens is 5. The van der Waals surface area contributed by atoms with E-state index in [1.807, 2.05) is 41.4 Å². The number of hydrogen-bond donors (Lipinski definition) is 1. The molecule has 3 heterocycles. The van der Waals surface area contributed by atoms with Crippen molar-refractivity contribution in [1.82, 2.24) is 24.4 Å². The third kappa shape index (κ3) is 2.88. The lowest BCUT2D eigenvalue weighted by Crippen LogP contribution is -2.07. The van der Waals surface area contributed by atoms with Crippen molar-refractivity contribution in [1.29, 1.82) is 0 Å². The Bertz CT molecular complexity index is 1120. The number of halogens is 1. The third-order valence-electron chi connectivity index (χ3n) is 4.72. The molecule has 0 saturated heterocycles. The van der Waals surface area contributed by atoms with Crippen molar-refractivity contribution < 1.29 is 9.13 Å². The maximum atomic E-state index is 14.2. The molecule has 4 rings (SSSR count). The van der Waals surface area contributed by atoms with Gasteiger partial charge in [0, 0.05) is 36.0 Å². The first-order valence-corrected chi connectivity index (χ1v) is 8.47. The summed E-state index contributed by atoms with van der Waals surface area (Å²) in [6, 6.07) is 8.67. The van der Waals surface area contributed by atoms with E-state index in [1.165, 1.54) is 13.2 Å². The van der Waals surface area contributed by atoms with Crippen LogP contribution in [0.4, 0.5) is 10.2 Å². The second-order valence-electron chi connectivity index (χ2n) is 6.20. The first kappa shape index (κ1) is 17.0. The second kappa shape index (κ2) is 6.71. The predicted molar refractivity (Wildman–Crippen MR) is 100 cm³/mol. The van der Waals surface area contributed by atoms with Crippen LogP contribution in [0.15, 0.2) is 42.9 Å². The summed E-state index contributed by atoms with van der Waals surface area (Å²) in [7, 11) is 3.43. The molecule has 0 bridgehead atoms. The van der Waals surface area contributed by atoms with Crippen LogP contribution in [0, 0.1) is 12.7 Å². The molecule has 0 unspecified atom stereocenters. The van der Waals surface area contributed by atoms with Gasteiger partial charge in [-0.1, -0.05) is 6.07 Å². The summed E-state index contributed by atoms with van der Waals surface area (Å²) in [5, 5.41) is 15.8. The number of fused-ring (bicyclic) bond motifs is 1. The standard InChI is InChI=1S/C19H19FN6O/c1-12-14(10-23-25(12)2)13-7-8-18(26-11-22-24-19(13)26)21-9-15-16(20)5-4-6-17(15)27-3/h4-8,10-11,21H,9H2,1-3H3. The van der Waals surface area contributed by atoms with E-state index in [9.17, 15) is 4.39 Å². The van der Waals surface area contributed by atoms with Crippen molar-refractivity contribution in [3.05, 3.63) is 59.9 Å². The van der Waals surface area contributed by atoms with Crippen LogP contribution in [0.1, 0.15) is 11.3 Å². The molecule has 138 valence electrons. The fraction of sp³-hybridized carbons (Fsp3) is 0.211. The van der Waals surface area contributed by atoms with Crippen molar-refractivity contribution in [2.24, 2.45) is 7.05 Å². The van der Waals surface area contributed by atoms with E-state index in [0.717, 1.165) is 22.6 Å². The number of nitrogens with zero attached hydrogens (tertiary/aromatic N) is 5. The molecule has 0 aliphatic heterocycles. The normalized spacial score (nSPS) is 11.1. The Hall–Kier alpha value is -3.42. The van der Waals surface area contributed by atoms with Crippen molar-refractivity contribution in [2.45, 2.75) is 13.5 Å². The van der Waals surface area contributed by atoms with E-state index >= 15 is 0 Å². The van der Waals surface area contributed by atoms with Crippen molar-refractivity contribution in [3.63, 3.8) is 0 Å². The minimum absolute atomic E-state index is 0.272. The lowest BCUT2D eigenvalue weighted by molar-refractivity contribution is 0.405. The quantitative estimate of drug-likeness (QED) is 0.587. The van der Waals surface area contributed by atoms with E-state index in [2.05, 4.69) is 20.6 Å². The van der Waals surface area contributed by atoms with E-state index < -0.39 is 0 Å². The Labute approximate surface area is 155 Å². The average molecular weight is 366 g/mol. The van der Waals surface area contributed by atoms with E-state index in [1.54, 1.807) is 18.5 Å². The van der Waals surface area contributed by atoms with Crippen LogP contribution in [0.3, 0.4) is 0 Å². The van der Waals surface area contributed by atoms with Crippen molar-refractivity contribution >= 4 is 11.5 Å². The summed E-state index contributed by atoms with van der Waals surface area (Å²) in [6.45, 7) is 2.28. The average Bonchev–Trinajstić information content (AvgIpc) is 3.28. The maximum Gasteiger partial charge on any atom is 0.170 e. The number of nitrogens with one attached hydrogen (secondary N) is 1. The lowest BCUT2D eigenvalue weighted by atomic mass is 10.1. The van der Waals surface area contributed by atoms with Gasteiger partial charge in [0.15, 0.2) is 5.65 Å². The first-order valence-electron chi connectivity index (χ1n) is 8.47. The zero-order valence-electron chi connectivity index (χ0n) is 15.3. The lowest BCUT2D eigenvalue weighted by Gasteiger charge is -2.13. The number of pyridine rings is 1. The molecule has 7 nitrogen and oxygen atoms in total. The zero-order valence-corrected chi connectivity index (χ0v) is 15.3. The van der Waals surface area contributed by atoms with Gasteiger partial charge in [-0.3, -0.25) is 9.08 Å². The fourth-order valence-corrected chi connectivity index (χ4v) is 3.11. The summed E-state index contributed by atoms with van der Waals surface area (Å²) in [5.74, 6) is 0.945. The molecule has 4 aromatic rings. The highest BCUT2D eigenvalue weighted by atomic mass is 19.1. The number of methoxy groups -OCH3 is 1. The van der Waals surface area contributed by atoms with Crippen LogP contribution >= 0.6 is 0 Å². The van der Waals surface area contributed by atoms with Gasteiger partial charge in [-0.25, -0.2) is 4.39 Å². The highest BCUT2D eigenvalue weighted by molar-refractivity contribution is 5.80. The summed E-state index contributed by atoms with van der Waals surface area (Å²) in [6.07, 6.45) is 3.45. The molecule has 0 saturated carbocycles. The van der Waals surface area contributed by atoms with Gasteiger partial charge in [0.1, 0.15) is 23.7 Å². The van der Waals surface area contributed by atoms with E-state index in [-0.39, 0.29) is 12.4 Å². The van der Waals surface area contributed by atoms with Gasteiger partial charge in [0.25, 0.3) is 0 Å². The van der Waals surface area contributed by atoms with Crippen LogP contribution in [0.2, 0.25) is 0 Å². The maximum absolute atomic E-state index is 14.2. The first-order chi connectivity index (χ1) is 13.1. The van der Waals surface area contributed by atoms with E-state index in [0.29, 0.717) is 17.0 Å². The van der Waals surface area contributed by atoms with Gasteiger partial charge in [0.2, 0.25) is 0 Å². The molecule has 0 aliphatic carbocycles. The van der Waals surface area contributed by atoms with Crippen LogP contribution in [-0.4, -0.2) is 31.5 Å². The van der Waals surface area contributed by atoms with Crippen LogP contribution in [-0.2, 0) is 13.6 Å². The van der Waals surface area contributed by atoms with Gasteiger partial charge in [0.05, 0.1) is 13.3 Å². The third-order valence-corrected chi connectivity index (χ3v) is 4.72. The Morgan fingerprint density at radius 3 is 2.78 bits per heavy atom. The SMILES string of the molecule is COc1cccc(F)c1CNc1ccc(-c2cnn(C)c2C)c2nncn12. The molecular weight excluding hydrogens is 347 g/mol. The Balaban J connectivity index is 1.70. The molecule has 0 amide bonds. The zero-order chi connectivity index (χ0) is 19.0. The molecule has 8 heteroatoms. The number of rotatable bonds is 5.